The molecule has 7 nitrogen and oxygen atoms in total. The van der Waals surface area contributed by atoms with Crippen LogP contribution in [-0.4, -0.2) is 70.0 Å². The highest BCUT2D eigenvalue weighted by atomic mass is 15.2. The summed E-state index contributed by atoms with van der Waals surface area (Å²) >= 11 is 0. The highest BCUT2D eigenvalue weighted by molar-refractivity contribution is 4.69. The van der Waals surface area contributed by atoms with E-state index in [1.807, 2.05) is 0 Å². The van der Waals surface area contributed by atoms with Crippen LogP contribution in [0.15, 0.2) is 0 Å². The first-order chi connectivity index (χ1) is 9.76. The average molecular weight is 289 g/mol. The van der Waals surface area contributed by atoms with E-state index in [1.54, 1.807) is 0 Å². The predicted octanol–water partition coefficient (Wildman–Crippen LogP) is -2.20. The van der Waals surface area contributed by atoms with Gasteiger partial charge in [0.2, 0.25) is 0 Å². The third kappa shape index (κ3) is 11.5. The van der Waals surface area contributed by atoms with E-state index in [1.165, 1.54) is 0 Å². The van der Waals surface area contributed by atoms with E-state index >= 15 is 0 Å². The minimum atomic E-state index is 0.0723. The van der Waals surface area contributed by atoms with Gasteiger partial charge in [-0.1, -0.05) is 0 Å². The SMILES string of the molecule is NCCCNCCN(CCCN)C(N)CCNCCN. The first-order valence-corrected chi connectivity index (χ1v) is 7.77. The van der Waals surface area contributed by atoms with E-state index < -0.39 is 0 Å². The molecule has 122 valence electrons. The van der Waals surface area contributed by atoms with Gasteiger partial charge in [0.05, 0.1) is 6.17 Å². The maximum atomic E-state index is 6.25. The Balaban J connectivity index is 3.85. The molecule has 0 saturated heterocycles. The minimum Gasteiger partial charge on any atom is -0.330 e. The van der Waals surface area contributed by atoms with Crippen LogP contribution < -0.4 is 33.6 Å². The van der Waals surface area contributed by atoms with Gasteiger partial charge in [-0.25, -0.2) is 0 Å². The van der Waals surface area contributed by atoms with Gasteiger partial charge in [0, 0.05) is 32.7 Å². The summed E-state index contributed by atoms with van der Waals surface area (Å²) in [6.07, 6.45) is 2.99. The molecule has 1 unspecified atom stereocenters. The molecule has 0 amide bonds. The van der Waals surface area contributed by atoms with Crippen molar-refractivity contribution in [2.75, 3.05) is 58.9 Å². The Labute approximate surface area is 123 Å². The van der Waals surface area contributed by atoms with Crippen molar-refractivity contribution in [3.05, 3.63) is 0 Å². The molecule has 0 spiro atoms. The molecule has 0 fully saturated rings. The van der Waals surface area contributed by atoms with E-state index in [9.17, 15) is 0 Å². The molecular weight excluding hydrogens is 254 g/mol. The van der Waals surface area contributed by atoms with Crippen molar-refractivity contribution in [3.63, 3.8) is 0 Å². The first kappa shape index (κ1) is 19.7. The molecule has 0 radical (unpaired) electrons. The van der Waals surface area contributed by atoms with Crippen molar-refractivity contribution in [1.82, 2.24) is 15.5 Å². The second-order valence-corrected chi connectivity index (χ2v) is 4.97. The summed E-state index contributed by atoms with van der Waals surface area (Å²) < 4.78 is 0. The van der Waals surface area contributed by atoms with Crippen LogP contribution >= 0.6 is 0 Å². The van der Waals surface area contributed by atoms with E-state index in [4.69, 9.17) is 22.9 Å². The largest absolute Gasteiger partial charge is 0.330 e. The fourth-order valence-electron chi connectivity index (χ4n) is 1.97. The zero-order chi connectivity index (χ0) is 15.1. The minimum absolute atomic E-state index is 0.0723. The molecule has 0 aliphatic rings. The quantitative estimate of drug-likeness (QED) is 0.149. The molecule has 0 saturated carbocycles. The molecule has 1 atom stereocenters. The lowest BCUT2D eigenvalue weighted by molar-refractivity contribution is 0.189. The Morgan fingerprint density at radius 3 is 2.10 bits per heavy atom. The Morgan fingerprint density at radius 1 is 0.750 bits per heavy atom. The van der Waals surface area contributed by atoms with Gasteiger partial charge in [-0.2, -0.15) is 0 Å². The second kappa shape index (κ2) is 15.1. The molecule has 20 heavy (non-hydrogen) atoms. The second-order valence-electron chi connectivity index (χ2n) is 4.97. The lowest BCUT2D eigenvalue weighted by atomic mass is 10.2. The lowest BCUT2D eigenvalue weighted by Gasteiger charge is -2.29. The van der Waals surface area contributed by atoms with Gasteiger partial charge in [0.25, 0.3) is 0 Å². The number of nitrogens with zero attached hydrogens (tertiary/aromatic N) is 1. The molecular formula is C13H35N7. The molecule has 0 heterocycles. The predicted molar refractivity (Wildman–Crippen MR) is 86.3 cm³/mol. The van der Waals surface area contributed by atoms with Gasteiger partial charge in [-0.15, -0.1) is 0 Å². The Morgan fingerprint density at radius 2 is 1.45 bits per heavy atom. The third-order valence-corrected chi connectivity index (χ3v) is 3.19. The summed E-state index contributed by atoms with van der Waals surface area (Å²) in [5, 5.41) is 6.66. The smallest absolute Gasteiger partial charge is 0.0584 e. The highest BCUT2D eigenvalue weighted by Gasteiger charge is 2.12. The zero-order valence-corrected chi connectivity index (χ0v) is 12.8. The van der Waals surface area contributed by atoms with E-state index in [2.05, 4.69) is 15.5 Å². The molecule has 0 rings (SSSR count). The van der Waals surface area contributed by atoms with Crippen LogP contribution in [0, 0.1) is 0 Å². The summed E-state index contributed by atoms with van der Waals surface area (Å²) in [6.45, 7) is 7.65. The van der Waals surface area contributed by atoms with E-state index in [0.717, 1.165) is 65.1 Å². The van der Waals surface area contributed by atoms with E-state index in [0.29, 0.717) is 13.1 Å². The Hall–Kier alpha value is -0.280. The van der Waals surface area contributed by atoms with Crippen molar-refractivity contribution in [1.29, 1.82) is 0 Å². The van der Waals surface area contributed by atoms with Gasteiger partial charge in [-0.05, 0) is 45.4 Å². The van der Waals surface area contributed by atoms with Crippen molar-refractivity contribution >= 4 is 0 Å². The van der Waals surface area contributed by atoms with Gasteiger partial charge in [-0.3, -0.25) is 4.90 Å². The fraction of sp³-hybridized carbons (Fsp3) is 1.00. The maximum absolute atomic E-state index is 6.25. The van der Waals surface area contributed by atoms with Gasteiger partial charge in [0.1, 0.15) is 0 Å². The average Bonchev–Trinajstić information content (AvgIpc) is 2.46. The van der Waals surface area contributed by atoms with Gasteiger partial charge >= 0.3 is 0 Å². The van der Waals surface area contributed by atoms with Crippen molar-refractivity contribution in [2.45, 2.75) is 25.4 Å². The van der Waals surface area contributed by atoms with Crippen molar-refractivity contribution < 1.29 is 0 Å². The van der Waals surface area contributed by atoms with Crippen LogP contribution in [0.5, 0.6) is 0 Å². The van der Waals surface area contributed by atoms with Crippen LogP contribution in [0.1, 0.15) is 19.3 Å². The number of rotatable bonds is 15. The normalized spacial score (nSPS) is 13.1. The van der Waals surface area contributed by atoms with Crippen LogP contribution in [-0.2, 0) is 0 Å². The molecule has 7 heteroatoms. The molecule has 0 bridgehead atoms. The summed E-state index contributed by atoms with van der Waals surface area (Å²) in [4.78, 5) is 2.30. The number of hydrogen-bond acceptors (Lipinski definition) is 7. The molecule has 0 aliphatic heterocycles. The summed E-state index contributed by atoms with van der Waals surface area (Å²) in [5.41, 5.74) is 22.7. The summed E-state index contributed by atoms with van der Waals surface area (Å²) in [7, 11) is 0. The fourth-order valence-corrected chi connectivity index (χ4v) is 1.97. The van der Waals surface area contributed by atoms with Crippen molar-refractivity contribution in [2.24, 2.45) is 22.9 Å². The number of nitrogens with two attached hydrogens (primary N) is 4. The highest BCUT2D eigenvalue weighted by Crippen LogP contribution is 1.99. The molecule has 0 aromatic rings. The number of hydrogen-bond donors (Lipinski definition) is 6. The van der Waals surface area contributed by atoms with Crippen LogP contribution in [0.2, 0.25) is 0 Å². The van der Waals surface area contributed by atoms with Gasteiger partial charge < -0.3 is 33.6 Å². The molecule has 0 aliphatic carbocycles. The Bertz CT molecular complexity index is 192. The molecule has 0 aromatic heterocycles. The molecule has 0 aromatic carbocycles. The van der Waals surface area contributed by atoms with Crippen LogP contribution in [0.3, 0.4) is 0 Å². The first-order valence-electron chi connectivity index (χ1n) is 7.77. The summed E-state index contributed by atoms with van der Waals surface area (Å²) in [5.74, 6) is 0. The van der Waals surface area contributed by atoms with Gasteiger partial charge in [0.15, 0.2) is 0 Å². The standard InChI is InChI=1S/C13H35N7/c14-4-1-7-18-10-12-20(11-2-5-15)13(17)3-8-19-9-6-16/h13,18-19H,1-12,14-17H2. The zero-order valence-electron chi connectivity index (χ0n) is 12.8. The summed E-state index contributed by atoms with van der Waals surface area (Å²) in [6, 6.07) is 0. The van der Waals surface area contributed by atoms with E-state index in [-0.39, 0.29) is 6.17 Å². The van der Waals surface area contributed by atoms with Crippen LogP contribution in [0.4, 0.5) is 0 Å². The van der Waals surface area contributed by atoms with Crippen molar-refractivity contribution in [3.8, 4) is 0 Å². The molecule has 10 N–H and O–H groups in total. The maximum Gasteiger partial charge on any atom is 0.0584 e. The van der Waals surface area contributed by atoms with Crippen LogP contribution in [0.25, 0.3) is 0 Å². The monoisotopic (exact) mass is 289 g/mol. The Kier molecular flexibility index (Phi) is 14.9. The number of nitrogens with one attached hydrogen (secondary N) is 2. The lowest BCUT2D eigenvalue weighted by Crippen LogP contribution is -2.47. The third-order valence-electron chi connectivity index (χ3n) is 3.19. The topological polar surface area (TPSA) is 131 Å².